The van der Waals surface area contributed by atoms with Crippen molar-refractivity contribution in [1.29, 1.82) is 0 Å². The van der Waals surface area contributed by atoms with E-state index in [1.807, 2.05) is 27.0 Å². The second kappa shape index (κ2) is 10.9. The smallest absolute Gasteiger partial charge is 0.140 e. The van der Waals surface area contributed by atoms with Crippen LogP contribution in [0.1, 0.15) is 79.3 Å². The summed E-state index contributed by atoms with van der Waals surface area (Å²) in [6, 6.07) is 0.454. The largest absolute Gasteiger partial charge is 0.379 e. The Kier molecular flexibility index (Phi) is 8.70. The molecule has 3 rings (SSSR count). The first kappa shape index (κ1) is 26.3. The highest BCUT2D eigenvalue weighted by atomic mass is 16.5. The van der Waals surface area contributed by atoms with Crippen LogP contribution in [0.5, 0.6) is 0 Å². The van der Waals surface area contributed by atoms with Gasteiger partial charge in [-0.2, -0.15) is 0 Å². The van der Waals surface area contributed by atoms with Crippen LogP contribution in [0.15, 0.2) is 6.20 Å². The number of rotatable bonds is 12. The number of aromatic nitrogens is 3. The fraction of sp³-hybridized carbons (Fsp3) is 0.880. The van der Waals surface area contributed by atoms with Crippen LogP contribution in [-0.2, 0) is 32.2 Å². The molecule has 0 aromatic carbocycles. The first-order chi connectivity index (χ1) is 15.5. The minimum absolute atomic E-state index is 0.0989. The lowest BCUT2D eigenvalue weighted by Crippen LogP contribution is -2.48. The Labute approximate surface area is 199 Å². The van der Waals surface area contributed by atoms with E-state index in [-0.39, 0.29) is 22.3 Å². The Bertz CT molecular complexity index is 767. The molecule has 0 spiro atoms. The molecule has 8 nitrogen and oxygen atoms in total. The first-order valence-electron chi connectivity index (χ1n) is 12.5. The standard InChI is InChI=1S/C25H44N4O4/c1-23(2,3)22(30)9-14-31-15-13-28-16-20(26-27-28)17-32-18-21-8-11-25(10-7-12-29(21)25)19-33-24(4,5)6/h16,21H,7-15,17-19H2,1-6H3/t21-,25-/m1/s1. The van der Waals surface area contributed by atoms with Gasteiger partial charge in [0.2, 0.25) is 0 Å². The fourth-order valence-electron chi connectivity index (χ4n) is 4.75. The number of fused-ring (bicyclic) bond motifs is 1. The molecule has 0 bridgehead atoms. The lowest BCUT2D eigenvalue weighted by molar-refractivity contribution is -0.127. The number of ether oxygens (including phenoxy) is 3. The summed E-state index contributed by atoms with van der Waals surface area (Å²) < 4.78 is 19.6. The first-order valence-corrected chi connectivity index (χ1v) is 12.5. The maximum Gasteiger partial charge on any atom is 0.140 e. The van der Waals surface area contributed by atoms with E-state index in [4.69, 9.17) is 14.2 Å². The molecule has 33 heavy (non-hydrogen) atoms. The van der Waals surface area contributed by atoms with Crippen molar-refractivity contribution in [2.24, 2.45) is 5.41 Å². The highest BCUT2D eigenvalue weighted by molar-refractivity contribution is 5.83. The number of hydrogen-bond donors (Lipinski definition) is 0. The summed E-state index contributed by atoms with van der Waals surface area (Å²) in [5, 5.41) is 8.38. The van der Waals surface area contributed by atoms with Gasteiger partial charge in [-0.25, -0.2) is 4.68 Å². The Hall–Kier alpha value is -1.35. The molecular formula is C25H44N4O4. The zero-order valence-corrected chi connectivity index (χ0v) is 21.6. The number of carbonyl (C=O) groups is 1. The third-order valence-electron chi connectivity index (χ3n) is 6.73. The van der Waals surface area contributed by atoms with E-state index in [2.05, 4.69) is 36.0 Å². The second-order valence-corrected chi connectivity index (χ2v) is 11.6. The van der Waals surface area contributed by atoms with Crippen LogP contribution in [0.2, 0.25) is 0 Å². The van der Waals surface area contributed by atoms with Gasteiger partial charge in [0.1, 0.15) is 11.5 Å². The Balaban J connectivity index is 1.34. The van der Waals surface area contributed by atoms with Crippen LogP contribution in [0, 0.1) is 5.41 Å². The fourth-order valence-corrected chi connectivity index (χ4v) is 4.75. The minimum Gasteiger partial charge on any atom is -0.379 e. The molecule has 0 saturated carbocycles. The molecule has 2 saturated heterocycles. The van der Waals surface area contributed by atoms with E-state index in [1.54, 1.807) is 4.68 Å². The molecule has 1 aromatic heterocycles. The molecule has 0 radical (unpaired) electrons. The second-order valence-electron chi connectivity index (χ2n) is 11.6. The maximum atomic E-state index is 11.9. The lowest BCUT2D eigenvalue weighted by atomic mass is 9.89. The van der Waals surface area contributed by atoms with Crippen LogP contribution in [0.3, 0.4) is 0 Å². The van der Waals surface area contributed by atoms with Crippen molar-refractivity contribution in [3.05, 3.63) is 11.9 Å². The minimum atomic E-state index is -0.306. The van der Waals surface area contributed by atoms with Crippen LogP contribution in [0.25, 0.3) is 0 Å². The molecule has 0 aliphatic carbocycles. The molecule has 2 fully saturated rings. The summed E-state index contributed by atoms with van der Waals surface area (Å²) in [6.45, 7) is 16.9. The molecular weight excluding hydrogens is 420 g/mol. The quantitative estimate of drug-likeness (QED) is 0.437. The molecule has 0 amide bonds. The zero-order valence-electron chi connectivity index (χ0n) is 21.6. The molecule has 2 aliphatic heterocycles. The molecule has 3 heterocycles. The number of carbonyl (C=O) groups excluding carboxylic acids is 1. The number of ketones is 1. The van der Waals surface area contributed by atoms with Gasteiger partial charge in [-0.05, 0) is 53.0 Å². The molecule has 2 aliphatic rings. The highest BCUT2D eigenvalue weighted by Gasteiger charge is 2.49. The molecule has 2 atom stereocenters. The van der Waals surface area contributed by atoms with E-state index in [1.165, 1.54) is 19.3 Å². The van der Waals surface area contributed by atoms with Gasteiger partial charge in [-0.1, -0.05) is 26.0 Å². The van der Waals surface area contributed by atoms with Crippen molar-refractivity contribution >= 4 is 5.78 Å². The monoisotopic (exact) mass is 464 g/mol. The normalized spacial score (nSPS) is 23.9. The maximum absolute atomic E-state index is 11.9. The van der Waals surface area contributed by atoms with E-state index >= 15 is 0 Å². The van der Waals surface area contributed by atoms with Gasteiger partial charge >= 0.3 is 0 Å². The summed E-state index contributed by atoms with van der Waals surface area (Å²) in [6.07, 6.45) is 7.17. The predicted molar refractivity (Wildman–Crippen MR) is 127 cm³/mol. The molecule has 8 heteroatoms. The average Bonchev–Trinajstić information content (AvgIpc) is 3.41. The Morgan fingerprint density at radius 2 is 1.94 bits per heavy atom. The third-order valence-corrected chi connectivity index (χ3v) is 6.73. The SMILES string of the molecule is CC(C)(C)OC[C@]12CCCN1[C@@H](COCc1cn(CCOCCC(=O)C(C)(C)C)nn1)CC2. The summed E-state index contributed by atoms with van der Waals surface area (Å²) in [5.74, 6) is 0.220. The molecule has 1 aromatic rings. The van der Waals surface area contributed by atoms with Crippen molar-refractivity contribution in [3.8, 4) is 0 Å². The van der Waals surface area contributed by atoms with Gasteiger partial charge in [0.25, 0.3) is 0 Å². The molecule has 0 unspecified atom stereocenters. The van der Waals surface area contributed by atoms with Gasteiger partial charge in [-0.3, -0.25) is 9.69 Å². The Morgan fingerprint density at radius 3 is 2.67 bits per heavy atom. The third kappa shape index (κ3) is 7.57. The van der Waals surface area contributed by atoms with Gasteiger partial charge in [-0.15, -0.1) is 5.10 Å². The van der Waals surface area contributed by atoms with Gasteiger partial charge in [0, 0.05) is 23.4 Å². The number of Topliss-reactive ketones (excluding diaryl/α,β-unsaturated/α-hetero) is 1. The topological polar surface area (TPSA) is 78.7 Å². The van der Waals surface area contributed by atoms with Gasteiger partial charge in [0.15, 0.2) is 0 Å². The van der Waals surface area contributed by atoms with Crippen LogP contribution >= 0.6 is 0 Å². The summed E-state index contributed by atoms with van der Waals surface area (Å²) in [7, 11) is 0. The zero-order chi connectivity index (χ0) is 24.1. The van der Waals surface area contributed by atoms with E-state index < -0.39 is 0 Å². The van der Waals surface area contributed by atoms with Gasteiger partial charge < -0.3 is 14.2 Å². The lowest BCUT2D eigenvalue weighted by Gasteiger charge is -2.37. The summed E-state index contributed by atoms with van der Waals surface area (Å²) in [4.78, 5) is 14.6. The number of nitrogens with zero attached hydrogens (tertiary/aromatic N) is 4. The molecule has 188 valence electrons. The van der Waals surface area contributed by atoms with E-state index in [0.717, 1.165) is 31.9 Å². The summed E-state index contributed by atoms with van der Waals surface area (Å²) in [5.41, 5.74) is 0.624. The predicted octanol–water partition coefficient (Wildman–Crippen LogP) is 3.63. The van der Waals surface area contributed by atoms with Gasteiger partial charge in [0.05, 0.1) is 51.4 Å². The van der Waals surface area contributed by atoms with Crippen LogP contribution < -0.4 is 0 Å². The number of hydrogen-bond acceptors (Lipinski definition) is 7. The van der Waals surface area contributed by atoms with Crippen molar-refractivity contribution < 1.29 is 19.0 Å². The van der Waals surface area contributed by atoms with Crippen molar-refractivity contribution in [1.82, 2.24) is 19.9 Å². The highest BCUT2D eigenvalue weighted by Crippen LogP contribution is 2.43. The van der Waals surface area contributed by atoms with Crippen molar-refractivity contribution in [2.45, 2.75) is 104 Å². The summed E-state index contributed by atoms with van der Waals surface area (Å²) >= 11 is 0. The van der Waals surface area contributed by atoms with Crippen LogP contribution in [0.4, 0.5) is 0 Å². The van der Waals surface area contributed by atoms with E-state index in [0.29, 0.717) is 38.8 Å². The van der Waals surface area contributed by atoms with Crippen molar-refractivity contribution in [2.75, 3.05) is 33.0 Å². The molecule has 0 N–H and O–H groups in total. The van der Waals surface area contributed by atoms with E-state index in [9.17, 15) is 4.79 Å². The Morgan fingerprint density at radius 1 is 1.15 bits per heavy atom. The van der Waals surface area contributed by atoms with Crippen molar-refractivity contribution in [3.63, 3.8) is 0 Å². The van der Waals surface area contributed by atoms with Crippen LogP contribution in [-0.4, -0.2) is 75.8 Å². The average molecular weight is 465 g/mol.